The second-order valence-corrected chi connectivity index (χ2v) is 8.28. The summed E-state index contributed by atoms with van der Waals surface area (Å²) in [5.41, 5.74) is 2.15. The van der Waals surface area contributed by atoms with Gasteiger partial charge in [0.1, 0.15) is 0 Å². The highest BCUT2D eigenvalue weighted by molar-refractivity contribution is 6.06. The van der Waals surface area contributed by atoms with E-state index in [1.165, 1.54) is 4.90 Å². The minimum atomic E-state index is -0.139. The summed E-state index contributed by atoms with van der Waals surface area (Å²) in [6, 6.07) is 8.08. The van der Waals surface area contributed by atoms with Crippen molar-refractivity contribution in [3.63, 3.8) is 0 Å². The summed E-state index contributed by atoms with van der Waals surface area (Å²) in [4.78, 5) is 35.4. The van der Waals surface area contributed by atoms with E-state index in [-0.39, 0.29) is 35.5 Å². The van der Waals surface area contributed by atoms with E-state index in [0.717, 1.165) is 17.7 Å². The average Bonchev–Trinajstić information content (AvgIpc) is 3.58. The number of nitrogens with one attached hydrogen (secondary N) is 2. The third kappa shape index (κ3) is 3.41. The molecule has 1 saturated heterocycles. The molecule has 8 heteroatoms. The van der Waals surface area contributed by atoms with Crippen molar-refractivity contribution in [2.75, 3.05) is 20.1 Å². The van der Waals surface area contributed by atoms with Gasteiger partial charge in [-0.3, -0.25) is 19.5 Å². The summed E-state index contributed by atoms with van der Waals surface area (Å²) in [6.07, 6.45) is 10.6. The molecule has 5 rings (SSSR count). The molecule has 160 valence electrons. The van der Waals surface area contributed by atoms with E-state index in [4.69, 9.17) is 0 Å². The van der Waals surface area contributed by atoms with Crippen molar-refractivity contribution in [3.05, 3.63) is 60.7 Å². The predicted molar refractivity (Wildman–Crippen MR) is 116 cm³/mol. The first kappa shape index (κ1) is 19.5. The Morgan fingerprint density at radius 3 is 2.55 bits per heavy atom. The summed E-state index contributed by atoms with van der Waals surface area (Å²) in [5.74, 6) is 0.821. The lowest BCUT2D eigenvalue weighted by Crippen LogP contribution is -2.43. The number of allylic oxidation sites excluding steroid dienone is 2. The maximum absolute atomic E-state index is 12.8. The van der Waals surface area contributed by atoms with Gasteiger partial charge in [-0.1, -0.05) is 30.4 Å². The van der Waals surface area contributed by atoms with Crippen LogP contribution in [0.5, 0.6) is 0 Å². The quantitative estimate of drug-likeness (QED) is 0.320. The van der Waals surface area contributed by atoms with Crippen molar-refractivity contribution >= 4 is 17.8 Å². The molecule has 0 radical (unpaired) electrons. The molecule has 2 N–H and O–H groups in total. The Balaban J connectivity index is 1.16. The Hall–Kier alpha value is -3.42. The normalized spacial score (nSPS) is 26.6. The van der Waals surface area contributed by atoms with Gasteiger partial charge in [-0.15, -0.1) is 0 Å². The summed E-state index contributed by atoms with van der Waals surface area (Å²) in [6.45, 7) is 1.40. The molecule has 3 aliphatic rings. The Morgan fingerprint density at radius 1 is 1.13 bits per heavy atom. The molecule has 2 fully saturated rings. The summed E-state index contributed by atoms with van der Waals surface area (Å²) in [7, 11) is 1.71. The Morgan fingerprint density at radius 2 is 1.87 bits per heavy atom. The fourth-order valence-electron chi connectivity index (χ4n) is 5.18. The molecule has 2 bridgehead atoms. The van der Waals surface area contributed by atoms with Crippen LogP contribution < -0.4 is 10.6 Å². The summed E-state index contributed by atoms with van der Waals surface area (Å²) >= 11 is 0. The SMILES string of the molecule is CN=C(NCCN1C(=O)C2C3C=CC(C3)C2C1=O)NCc1ccccc1-n1ccnc1. The second-order valence-electron chi connectivity index (χ2n) is 8.28. The van der Waals surface area contributed by atoms with Crippen molar-refractivity contribution in [2.24, 2.45) is 28.7 Å². The minimum absolute atomic E-state index is 0.00847. The van der Waals surface area contributed by atoms with Gasteiger partial charge in [0.05, 0.1) is 23.9 Å². The number of imidazole rings is 1. The third-order valence-electron chi connectivity index (χ3n) is 6.63. The van der Waals surface area contributed by atoms with E-state index in [1.54, 1.807) is 19.6 Å². The molecule has 2 aliphatic carbocycles. The van der Waals surface area contributed by atoms with Crippen molar-refractivity contribution < 1.29 is 9.59 Å². The number of hydrogen-bond acceptors (Lipinski definition) is 4. The number of imide groups is 1. The van der Waals surface area contributed by atoms with E-state index in [0.29, 0.717) is 25.6 Å². The fourth-order valence-corrected chi connectivity index (χ4v) is 5.18. The molecule has 1 saturated carbocycles. The van der Waals surface area contributed by atoms with Crippen molar-refractivity contribution in [1.82, 2.24) is 25.1 Å². The number of carbonyl (C=O) groups is 2. The molecule has 4 unspecified atom stereocenters. The number of carbonyl (C=O) groups excluding carboxylic acids is 2. The lowest BCUT2D eigenvalue weighted by atomic mass is 9.85. The summed E-state index contributed by atoms with van der Waals surface area (Å²) < 4.78 is 1.97. The zero-order chi connectivity index (χ0) is 21.4. The van der Waals surface area contributed by atoms with Crippen molar-refractivity contribution in [2.45, 2.75) is 13.0 Å². The van der Waals surface area contributed by atoms with E-state index in [9.17, 15) is 9.59 Å². The molecule has 2 aromatic rings. The Kier molecular flexibility index (Phi) is 5.05. The monoisotopic (exact) mass is 418 g/mol. The molecular weight excluding hydrogens is 392 g/mol. The number of rotatable bonds is 6. The maximum Gasteiger partial charge on any atom is 0.233 e. The smallest absolute Gasteiger partial charge is 0.233 e. The number of para-hydroxylation sites is 1. The molecule has 2 amide bonds. The van der Waals surface area contributed by atoms with Crippen LogP contribution in [0.1, 0.15) is 12.0 Å². The first-order valence-corrected chi connectivity index (χ1v) is 10.7. The van der Waals surface area contributed by atoms with Crippen molar-refractivity contribution in [3.8, 4) is 5.69 Å². The van der Waals surface area contributed by atoms with Crippen LogP contribution in [-0.4, -0.2) is 52.4 Å². The number of nitrogens with zero attached hydrogens (tertiary/aromatic N) is 4. The van der Waals surface area contributed by atoms with Gasteiger partial charge in [0.15, 0.2) is 5.96 Å². The number of likely N-dealkylation sites (tertiary alicyclic amines) is 1. The highest BCUT2D eigenvalue weighted by Gasteiger charge is 2.58. The Bertz CT molecular complexity index is 1010. The van der Waals surface area contributed by atoms with Gasteiger partial charge in [0.25, 0.3) is 0 Å². The zero-order valence-corrected chi connectivity index (χ0v) is 17.4. The molecule has 1 aromatic carbocycles. The average molecular weight is 419 g/mol. The fraction of sp³-hybridized carbons (Fsp3) is 0.391. The molecule has 2 heterocycles. The van der Waals surface area contributed by atoms with Crippen LogP contribution in [0, 0.1) is 23.7 Å². The van der Waals surface area contributed by atoms with Gasteiger partial charge < -0.3 is 15.2 Å². The van der Waals surface area contributed by atoms with Gasteiger partial charge in [0, 0.05) is 39.1 Å². The summed E-state index contributed by atoms with van der Waals surface area (Å²) in [5, 5.41) is 6.53. The van der Waals surface area contributed by atoms with E-state index >= 15 is 0 Å². The molecule has 4 atom stereocenters. The third-order valence-corrected chi connectivity index (χ3v) is 6.63. The topological polar surface area (TPSA) is 91.6 Å². The minimum Gasteiger partial charge on any atom is -0.355 e. The zero-order valence-electron chi connectivity index (χ0n) is 17.4. The highest BCUT2D eigenvalue weighted by atomic mass is 16.2. The number of fused-ring (bicyclic) bond motifs is 5. The number of guanidine groups is 1. The van der Waals surface area contributed by atoms with E-state index in [1.807, 2.05) is 29.0 Å². The number of aliphatic imine (C=N–C) groups is 1. The number of benzene rings is 1. The lowest BCUT2D eigenvalue weighted by molar-refractivity contribution is -0.140. The molecule has 1 aliphatic heterocycles. The van der Waals surface area contributed by atoms with E-state index < -0.39 is 0 Å². The van der Waals surface area contributed by atoms with Crippen LogP contribution in [0.3, 0.4) is 0 Å². The van der Waals surface area contributed by atoms with Gasteiger partial charge in [-0.05, 0) is 29.9 Å². The van der Waals surface area contributed by atoms with Gasteiger partial charge >= 0.3 is 0 Å². The standard InChI is InChI=1S/C23H26N6O2/c1-24-23(27-13-17-4-2-3-5-18(17)28-10-8-25-14-28)26-9-11-29-21(30)19-15-6-7-16(12-15)20(19)22(29)31/h2-8,10,14-16,19-20H,9,11-13H2,1H3,(H2,24,26,27). The van der Waals surface area contributed by atoms with E-state index in [2.05, 4.69) is 38.8 Å². The molecule has 1 aromatic heterocycles. The number of amides is 2. The number of hydrogen-bond donors (Lipinski definition) is 2. The van der Waals surface area contributed by atoms with Crippen molar-refractivity contribution in [1.29, 1.82) is 0 Å². The van der Waals surface area contributed by atoms with Crippen LogP contribution in [-0.2, 0) is 16.1 Å². The van der Waals surface area contributed by atoms with Crippen LogP contribution >= 0.6 is 0 Å². The van der Waals surface area contributed by atoms with Gasteiger partial charge in [0.2, 0.25) is 11.8 Å². The predicted octanol–water partition coefficient (Wildman–Crippen LogP) is 1.34. The van der Waals surface area contributed by atoms with Gasteiger partial charge in [-0.2, -0.15) is 0 Å². The molecule has 0 spiro atoms. The van der Waals surface area contributed by atoms with Crippen LogP contribution in [0.2, 0.25) is 0 Å². The molecule has 31 heavy (non-hydrogen) atoms. The lowest BCUT2D eigenvalue weighted by Gasteiger charge is -2.19. The van der Waals surface area contributed by atoms with Crippen LogP contribution in [0.25, 0.3) is 5.69 Å². The largest absolute Gasteiger partial charge is 0.355 e. The first-order valence-electron chi connectivity index (χ1n) is 10.7. The first-order chi connectivity index (χ1) is 15.2. The highest BCUT2D eigenvalue weighted by Crippen LogP contribution is 2.52. The number of aromatic nitrogens is 2. The Labute approximate surface area is 181 Å². The second kappa shape index (κ2) is 8.02. The molecule has 8 nitrogen and oxygen atoms in total. The van der Waals surface area contributed by atoms with Crippen LogP contribution in [0.4, 0.5) is 0 Å². The molecular formula is C23H26N6O2. The van der Waals surface area contributed by atoms with Crippen LogP contribution in [0.15, 0.2) is 60.1 Å². The van der Waals surface area contributed by atoms with Gasteiger partial charge in [-0.25, -0.2) is 4.98 Å². The maximum atomic E-state index is 12.8.